The highest BCUT2D eigenvalue weighted by atomic mass is 32.1. The highest BCUT2D eigenvalue weighted by Gasteiger charge is 2.30. The van der Waals surface area contributed by atoms with Crippen LogP contribution in [0.5, 0.6) is 0 Å². The Morgan fingerprint density at radius 1 is 1.30 bits per heavy atom. The molecule has 0 amide bonds. The highest BCUT2D eigenvalue weighted by molar-refractivity contribution is 7.19. The van der Waals surface area contributed by atoms with Gasteiger partial charge < -0.3 is 0 Å². The van der Waals surface area contributed by atoms with Crippen LogP contribution in [0.2, 0.25) is 0 Å². The smallest absolute Gasteiger partial charge is 0.235 e. The molecule has 104 valence electrons. The normalized spacial score (nSPS) is 16.1. The average molecular weight is 288 g/mol. The summed E-state index contributed by atoms with van der Waals surface area (Å²) in [6.07, 6.45) is 2.40. The second kappa shape index (κ2) is 3.88. The summed E-state index contributed by atoms with van der Waals surface area (Å²) < 4.78 is 1.88. The minimum absolute atomic E-state index is 0.0589. The average Bonchev–Trinajstić information content (AvgIpc) is 2.83. The van der Waals surface area contributed by atoms with E-state index >= 15 is 0 Å². The summed E-state index contributed by atoms with van der Waals surface area (Å²) in [7, 11) is 0. The molecule has 1 fully saturated rings. The summed E-state index contributed by atoms with van der Waals surface area (Å²) >= 11 is 1.54. The zero-order chi connectivity index (χ0) is 13.9. The Labute approximate surface area is 120 Å². The zero-order valence-corrected chi connectivity index (χ0v) is 12.5. The van der Waals surface area contributed by atoms with Gasteiger partial charge in [0.25, 0.3) is 0 Å². The van der Waals surface area contributed by atoms with Gasteiger partial charge in [0.15, 0.2) is 10.8 Å². The lowest BCUT2D eigenvalue weighted by atomic mass is 9.92. The van der Waals surface area contributed by atoms with Crippen LogP contribution in [-0.4, -0.2) is 30.0 Å². The molecule has 0 radical (unpaired) electrons. The molecule has 0 aromatic carbocycles. The van der Waals surface area contributed by atoms with Crippen LogP contribution in [0.3, 0.4) is 0 Å². The van der Waals surface area contributed by atoms with Gasteiger partial charge in [0.2, 0.25) is 4.96 Å². The molecule has 0 aliphatic heterocycles. The number of nitrogens with one attached hydrogen (secondary N) is 1. The predicted octanol–water partition coefficient (Wildman–Crippen LogP) is 2.75. The molecule has 1 aliphatic rings. The molecule has 1 N–H and O–H groups in total. The molecule has 0 atom stereocenters. The van der Waals surface area contributed by atoms with E-state index in [4.69, 9.17) is 0 Å². The first-order valence-corrected chi connectivity index (χ1v) is 7.62. The molecular weight excluding hydrogens is 272 g/mol. The van der Waals surface area contributed by atoms with E-state index in [9.17, 15) is 0 Å². The van der Waals surface area contributed by atoms with Gasteiger partial charge >= 0.3 is 0 Å². The maximum Gasteiger partial charge on any atom is 0.235 e. The van der Waals surface area contributed by atoms with Gasteiger partial charge in [0.05, 0.1) is 0 Å². The largest absolute Gasteiger partial charge is 0.281 e. The Morgan fingerprint density at radius 3 is 2.75 bits per heavy atom. The van der Waals surface area contributed by atoms with Gasteiger partial charge in [-0.25, -0.2) is 0 Å². The molecule has 3 aromatic heterocycles. The number of nitrogens with zero attached hydrogens (tertiary/aromatic N) is 5. The first-order chi connectivity index (χ1) is 9.52. The van der Waals surface area contributed by atoms with Crippen molar-refractivity contribution >= 4 is 16.3 Å². The molecule has 3 aromatic rings. The molecular formula is C13H16N6S. The van der Waals surface area contributed by atoms with Crippen LogP contribution < -0.4 is 0 Å². The van der Waals surface area contributed by atoms with Crippen molar-refractivity contribution < 1.29 is 0 Å². The maximum absolute atomic E-state index is 4.63. The first kappa shape index (κ1) is 12.0. The number of hydrogen-bond acceptors (Lipinski definition) is 5. The standard InChI is InChI=1S/C13H16N6S/c1-13(2,3)9-6-8(14-15-9)11-18-19-10(7-4-5-7)16-17-12(19)20-11/h6-7H,4-5H2,1-3H3,(H,14,15). The second-order valence-electron chi connectivity index (χ2n) is 6.35. The van der Waals surface area contributed by atoms with Crippen LogP contribution >= 0.6 is 11.3 Å². The van der Waals surface area contributed by atoms with Crippen LogP contribution in [-0.2, 0) is 5.41 Å². The van der Waals surface area contributed by atoms with Crippen LogP contribution in [0.4, 0.5) is 0 Å². The van der Waals surface area contributed by atoms with E-state index < -0.39 is 0 Å². The third kappa shape index (κ3) is 1.84. The lowest BCUT2D eigenvalue weighted by Gasteiger charge is -2.14. The number of rotatable bonds is 2. The molecule has 1 saturated carbocycles. The van der Waals surface area contributed by atoms with E-state index in [0.29, 0.717) is 5.92 Å². The molecule has 0 saturated heterocycles. The van der Waals surface area contributed by atoms with Crippen molar-refractivity contribution in [3.8, 4) is 10.7 Å². The minimum atomic E-state index is 0.0589. The van der Waals surface area contributed by atoms with Crippen molar-refractivity contribution in [3.63, 3.8) is 0 Å². The number of aromatic amines is 1. The van der Waals surface area contributed by atoms with E-state index in [-0.39, 0.29) is 5.41 Å². The fraction of sp³-hybridized carbons (Fsp3) is 0.538. The summed E-state index contributed by atoms with van der Waals surface area (Å²) in [5.41, 5.74) is 2.05. The van der Waals surface area contributed by atoms with Gasteiger partial charge in [-0.2, -0.15) is 14.7 Å². The summed E-state index contributed by atoms with van der Waals surface area (Å²) in [5.74, 6) is 1.54. The van der Waals surface area contributed by atoms with Gasteiger partial charge in [0, 0.05) is 17.0 Å². The summed E-state index contributed by atoms with van der Waals surface area (Å²) in [6.45, 7) is 6.48. The SMILES string of the molecule is CC(C)(C)c1cc(-c2nn3c(C4CC4)nnc3s2)n[nH]1. The lowest BCUT2D eigenvalue weighted by Crippen LogP contribution is -2.11. The Kier molecular flexibility index (Phi) is 2.33. The third-order valence-corrected chi connectivity index (χ3v) is 4.48. The molecule has 3 heterocycles. The number of hydrogen-bond donors (Lipinski definition) is 1. The number of H-pyrrole nitrogens is 1. The maximum atomic E-state index is 4.63. The van der Waals surface area contributed by atoms with Crippen LogP contribution in [0, 0.1) is 0 Å². The van der Waals surface area contributed by atoms with Gasteiger partial charge in [0.1, 0.15) is 5.69 Å². The van der Waals surface area contributed by atoms with Crippen molar-refractivity contribution in [1.82, 2.24) is 30.0 Å². The van der Waals surface area contributed by atoms with Crippen molar-refractivity contribution in [1.29, 1.82) is 0 Å². The van der Waals surface area contributed by atoms with E-state index in [1.54, 1.807) is 0 Å². The summed E-state index contributed by atoms with van der Waals surface area (Å²) in [5, 5.41) is 21.4. The summed E-state index contributed by atoms with van der Waals surface area (Å²) in [4.78, 5) is 0.849. The van der Waals surface area contributed by atoms with Gasteiger partial charge in [-0.3, -0.25) is 5.10 Å². The summed E-state index contributed by atoms with van der Waals surface area (Å²) in [6, 6.07) is 2.07. The molecule has 1 aliphatic carbocycles. The molecule has 6 nitrogen and oxygen atoms in total. The molecule has 0 unspecified atom stereocenters. The first-order valence-electron chi connectivity index (χ1n) is 6.81. The number of aromatic nitrogens is 6. The minimum Gasteiger partial charge on any atom is -0.281 e. The fourth-order valence-electron chi connectivity index (χ4n) is 2.15. The van der Waals surface area contributed by atoms with Gasteiger partial charge in [-0.05, 0) is 18.9 Å². The van der Waals surface area contributed by atoms with Crippen molar-refractivity contribution in [2.24, 2.45) is 0 Å². The molecule has 4 rings (SSSR count). The highest BCUT2D eigenvalue weighted by Crippen LogP contribution is 2.39. The topological polar surface area (TPSA) is 71.8 Å². The van der Waals surface area contributed by atoms with Crippen LogP contribution in [0.15, 0.2) is 6.07 Å². The predicted molar refractivity (Wildman–Crippen MR) is 76.9 cm³/mol. The Hall–Kier alpha value is -1.76. The van der Waals surface area contributed by atoms with Gasteiger partial charge in [-0.15, -0.1) is 10.2 Å². The molecule has 7 heteroatoms. The Balaban J connectivity index is 1.76. The lowest BCUT2D eigenvalue weighted by molar-refractivity contribution is 0.567. The monoisotopic (exact) mass is 288 g/mol. The van der Waals surface area contributed by atoms with E-state index in [1.165, 1.54) is 24.2 Å². The third-order valence-electron chi connectivity index (χ3n) is 3.56. The van der Waals surface area contributed by atoms with Crippen molar-refractivity contribution in [2.45, 2.75) is 44.9 Å². The zero-order valence-electron chi connectivity index (χ0n) is 11.7. The van der Waals surface area contributed by atoms with E-state index in [1.807, 2.05) is 4.52 Å². The van der Waals surface area contributed by atoms with Crippen molar-refractivity contribution in [2.75, 3.05) is 0 Å². The molecule has 0 bridgehead atoms. The fourth-order valence-corrected chi connectivity index (χ4v) is 2.95. The second-order valence-corrected chi connectivity index (χ2v) is 7.31. The molecule has 0 spiro atoms. The van der Waals surface area contributed by atoms with E-state index in [2.05, 4.69) is 52.3 Å². The Morgan fingerprint density at radius 2 is 2.10 bits per heavy atom. The van der Waals surface area contributed by atoms with Crippen LogP contribution in [0.25, 0.3) is 15.7 Å². The Bertz CT molecular complexity index is 770. The van der Waals surface area contributed by atoms with Crippen LogP contribution in [0.1, 0.15) is 51.0 Å². The quantitative estimate of drug-likeness (QED) is 0.787. The van der Waals surface area contributed by atoms with Crippen molar-refractivity contribution in [3.05, 3.63) is 17.6 Å². The van der Waals surface area contributed by atoms with Gasteiger partial charge in [-0.1, -0.05) is 32.1 Å². The van der Waals surface area contributed by atoms with E-state index in [0.717, 1.165) is 27.2 Å². The molecule has 20 heavy (non-hydrogen) atoms. The number of fused-ring (bicyclic) bond motifs is 1.